The van der Waals surface area contributed by atoms with Crippen LogP contribution in [0.3, 0.4) is 0 Å². The number of nitrogens with zero attached hydrogens (tertiary/aromatic N) is 1. The number of methoxy groups -OCH3 is 1. The number of anilines is 1. The largest absolute Gasteiger partial charge is 0.494 e. The molecule has 0 heterocycles. The zero-order valence-corrected chi connectivity index (χ0v) is 14.4. The third-order valence-electron chi connectivity index (χ3n) is 3.63. The van der Waals surface area contributed by atoms with E-state index >= 15 is 0 Å². The first-order valence-corrected chi connectivity index (χ1v) is 8.68. The van der Waals surface area contributed by atoms with E-state index in [1.54, 1.807) is 6.92 Å². The lowest BCUT2D eigenvalue weighted by Gasteiger charge is -2.25. The molecule has 0 saturated carbocycles. The molecule has 0 bridgehead atoms. The van der Waals surface area contributed by atoms with E-state index in [2.05, 4.69) is 0 Å². The van der Waals surface area contributed by atoms with Gasteiger partial charge >= 0.3 is 0 Å². The summed E-state index contributed by atoms with van der Waals surface area (Å²) in [4.78, 5) is -0.0986. The Balaban J connectivity index is 2.55. The van der Waals surface area contributed by atoms with Crippen LogP contribution in [0.2, 0.25) is 0 Å². The molecule has 0 saturated heterocycles. The summed E-state index contributed by atoms with van der Waals surface area (Å²) in [5, 5.41) is 0. The molecule has 0 unspecified atom stereocenters. The van der Waals surface area contributed by atoms with Crippen molar-refractivity contribution in [2.45, 2.75) is 25.7 Å². The second kappa shape index (κ2) is 6.58. The van der Waals surface area contributed by atoms with E-state index in [0.29, 0.717) is 5.69 Å². The molecule has 0 N–H and O–H groups in total. The molecule has 2 rings (SSSR count). The lowest BCUT2D eigenvalue weighted by Crippen LogP contribution is -2.31. The molecule has 0 spiro atoms. The van der Waals surface area contributed by atoms with Gasteiger partial charge in [-0.2, -0.15) is 0 Å². The molecule has 0 radical (unpaired) electrons. The van der Waals surface area contributed by atoms with E-state index in [4.69, 9.17) is 4.74 Å². The van der Waals surface area contributed by atoms with Crippen LogP contribution in [-0.2, 0) is 10.0 Å². The van der Waals surface area contributed by atoms with E-state index in [0.717, 1.165) is 17.2 Å². The molecule has 0 aromatic heterocycles. The zero-order valence-electron chi connectivity index (χ0n) is 13.6. The van der Waals surface area contributed by atoms with Crippen LogP contribution < -0.4 is 9.04 Å². The maximum atomic E-state index is 13.9. The number of rotatable bonds is 5. The summed E-state index contributed by atoms with van der Waals surface area (Å²) in [6, 6.07) is 9.27. The minimum Gasteiger partial charge on any atom is -0.494 e. The smallest absolute Gasteiger partial charge is 0.264 e. The van der Waals surface area contributed by atoms with Gasteiger partial charge in [0.15, 0.2) is 11.6 Å². The highest BCUT2D eigenvalue weighted by molar-refractivity contribution is 7.92. The molecule has 4 nitrogen and oxygen atoms in total. The molecule has 0 fully saturated rings. The first-order chi connectivity index (χ1) is 10.8. The molecule has 6 heteroatoms. The highest BCUT2D eigenvalue weighted by atomic mass is 32.2. The third kappa shape index (κ3) is 3.32. The van der Waals surface area contributed by atoms with Crippen molar-refractivity contribution in [1.29, 1.82) is 0 Å². The number of hydrogen-bond acceptors (Lipinski definition) is 3. The second-order valence-corrected chi connectivity index (χ2v) is 7.12. The topological polar surface area (TPSA) is 46.6 Å². The molecule has 0 aliphatic rings. The first kappa shape index (κ1) is 17.3. The van der Waals surface area contributed by atoms with Crippen LogP contribution in [0.5, 0.6) is 5.75 Å². The monoisotopic (exact) mass is 337 g/mol. The Kier molecular flexibility index (Phi) is 4.94. The molecule has 2 aromatic rings. The first-order valence-electron chi connectivity index (χ1n) is 7.24. The van der Waals surface area contributed by atoms with Gasteiger partial charge in [0.1, 0.15) is 0 Å². The average molecular weight is 337 g/mol. The number of sulfonamides is 1. The number of halogens is 1. The second-order valence-electron chi connectivity index (χ2n) is 5.26. The van der Waals surface area contributed by atoms with Crippen molar-refractivity contribution in [2.24, 2.45) is 0 Å². The third-order valence-corrected chi connectivity index (χ3v) is 5.52. The Morgan fingerprint density at radius 2 is 1.83 bits per heavy atom. The minimum atomic E-state index is -3.85. The van der Waals surface area contributed by atoms with Crippen molar-refractivity contribution in [3.8, 4) is 5.75 Å². The van der Waals surface area contributed by atoms with Gasteiger partial charge in [0.2, 0.25) is 0 Å². The van der Waals surface area contributed by atoms with Crippen molar-refractivity contribution in [1.82, 2.24) is 0 Å². The molecule has 0 aliphatic heterocycles. The minimum absolute atomic E-state index is 0.0127. The van der Waals surface area contributed by atoms with Gasteiger partial charge in [-0.15, -0.1) is 0 Å². The fraction of sp³-hybridized carbons (Fsp3) is 0.294. The van der Waals surface area contributed by atoms with Crippen LogP contribution in [-0.4, -0.2) is 22.1 Å². The van der Waals surface area contributed by atoms with Gasteiger partial charge in [-0.1, -0.05) is 12.1 Å². The highest BCUT2D eigenvalue weighted by Gasteiger charge is 2.26. The number of benzene rings is 2. The Labute approximate surface area is 136 Å². The fourth-order valence-electron chi connectivity index (χ4n) is 2.39. The van der Waals surface area contributed by atoms with Crippen molar-refractivity contribution >= 4 is 15.7 Å². The quantitative estimate of drug-likeness (QED) is 0.836. The molecule has 23 heavy (non-hydrogen) atoms. The van der Waals surface area contributed by atoms with Crippen molar-refractivity contribution in [3.63, 3.8) is 0 Å². The predicted octanol–water partition coefficient (Wildman–Crippen LogP) is 3.67. The van der Waals surface area contributed by atoms with E-state index < -0.39 is 15.8 Å². The fourth-order valence-corrected chi connectivity index (χ4v) is 3.94. The summed E-state index contributed by atoms with van der Waals surface area (Å²) in [5.41, 5.74) is 2.40. The summed E-state index contributed by atoms with van der Waals surface area (Å²) in [6.45, 7) is 5.75. The molecule has 0 aliphatic carbocycles. The highest BCUT2D eigenvalue weighted by Crippen LogP contribution is 2.29. The standard InChI is InChI=1S/C17H20FNO3S/c1-5-19(16-10-12(2)6-7-13(16)3)23(20,21)14-8-9-17(22-4)15(18)11-14/h6-11H,5H2,1-4H3. The summed E-state index contributed by atoms with van der Waals surface area (Å²) < 4.78 is 45.8. The lowest BCUT2D eigenvalue weighted by atomic mass is 10.1. The van der Waals surface area contributed by atoms with Crippen LogP contribution in [0, 0.1) is 19.7 Å². The Hall–Kier alpha value is -2.08. The SMILES string of the molecule is CCN(c1cc(C)ccc1C)S(=O)(=O)c1ccc(OC)c(F)c1. The van der Waals surface area contributed by atoms with Crippen molar-refractivity contribution in [3.05, 3.63) is 53.3 Å². The molecule has 124 valence electrons. The van der Waals surface area contributed by atoms with E-state index in [1.165, 1.54) is 23.5 Å². The summed E-state index contributed by atoms with van der Waals surface area (Å²) >= 11 is 0. The van der Waals surface area contributed by atoms with Crippen LogP contribution in [0.15, 0.2) is 41.3 Å². The van der Waals surface area contributed by atoms with Crippen LogP contribution in [0.25, 0.3) is 0 Å². The molecular formula is C17H20FNO3S. The summed E-state index contributed by atoms with van der Waals surface area (Å²) in [5.74, 6) is -0.690. The van der Waals surface area contributed by atoms with Crippen LogP contribution in [0.4, 0.5) is 10.1 Å². The van der Waals surface area contributed by atoms with Gasteiger partial charge in [-0.05, 0) is 56.2 Å². The lowest BCUT2D eigenvalue weighted by molar-refractivity contribution is 0.385. The maximum absolute atomic E-state index is 13.9. The summed E-state index contributed by atoms with van der Waals surface area (Å²) in [7, 11) is -2.52. The normalized spacial score (nSPS) is 11.3. The van der Waals surface area contributed by atoms with Gasteiger partial charge < -0.3 is 4.74 Å². The molecule has 2 aromatic carbocycles. The molecule has 0 atom stereocenters. The van der Waals surface area contributed by atoms with E-state index in [9.17, 15) is 12.8 Å². The number of aryl methyl sites for hydroxylation is 2. The van der Waals surface area contributed by atoms with Crippen LogP contribution in [0.1, 0.15) is 18.1 Å². The number of hydrogen-bond donors (Lipinski definition) is 0. The molecule has 0 amide bonds. The predicted molar refractivity (Wildman–Crippen MR) is 89.1 cm³/mol. The van der Waals surface area contributed by atoms with Gasteiger partial charge in [0.25, 0.3) is 10.0 Å². The van der Waals surface area contributed by atoms with Gasteiger partial charge in [0.05, 0.1) is 17.7 Å². The van der Waals surface area contributed by atoms with Crippen molar-refractivity contribution < 1.29 is 17.5 Å². The molecular weight excluding hydrogens is 317 g/mol. The van der Waals surface area contributed by atoms with E-state index in [1.807, 2.05) is 32.0 Å². The van der Waals surface area contributed by atoms with E-state index in [-0.39, 0.29) is 17.2 Å². The summed E-state index contributed by atoms with van der Waals surface area (Å²) in [6.07, 6.45) is 0. The van der Waals surface area contributed by atoms with Crippen LogP contribution >= 0.6 is 0 Å². The Bertz CT molecular complexity index is 819. The Morgan fingerprint density at radius 3 is 2.39 bits per heavy atom. The zero-order chi connectivity index (χ0) is 17.2. The maximum Gasteiger partial charge on any atom is 0.264 e. The number of ether oxygens (including phenoxy) is 1. The average Bonchev–Trinajstić information content (AvgIpc) is 2.51. The van der Waals surface area contributed by atoms with Crippen molar-refractivity contribution in [2.75, 3.05) is 18.0 Å². The van der Waals surface area contributed by atoms with Gasteiger partial charge in [-0.3, -0.25) is 4.31 Å². The Morgan fingerprint density at radius 1 is 1.13 bits per heavy atom. The van der Waals surface area contributed by atoms with Gasteiger partial charge in [-0.25, -0.2) is 12.8 Å². The van der Waals surface area contributed by atoms with Gasteiger partial charge in [0, 0.05) is 6.54 Å².